The molecule has 1 unspecified atom stereocenters. The Morgan fingerprint density at radius 1 is 1.15 bits per heavy atom. The van der Waals surface area contributed by atoms with E-state index in [4.69, 9.17) is 4.74 Å². The third-order valence-corrected chi connectivity index (χ3v) is 9.76. The van der Waals surface area contributed by atoms with Gasteiger partial charge in [0.15, 0.2) is 27.2 Å². The maximum Gasteiger partial charge on any atom is 0.250 e. The first-order valence-electron chi connectivity index (χ1n) is 12.7. The number of rotatable bonds is 10. The summed E-state index contributed by atoms with van der Waals surface area (Å²) in [6.45, 7) is 8.76. The van der Waals surface area contributed by atoms with Gasteiger partial charge in [-0.05, 0) is 68.7 Å². The van der Waals surface area contributed by atoms with Crippen molar-refractivity contribution in [3.8, 4) is 16.9 Å². The molecule has 2 aromatic carbocycles. The fourth-order valence-electron chi connectivity index (χ4n) is 4.05. The lowest BCUT2D eigenvalue weighted by Crippen LogP contribution is -2.41. The maximum atomic E-state index is 14.5. The van der Waals surface area contributed by atoms with Gasteiger partial charge >= 0.3 is 0 Å². The maximum absolute atomic E-state index is 14.5. The quantitative estimate of drug-likeness (QED) is 0.273. The molecule has 40 heavy (non-hydrogen) atoms. The van der Waals surface area contributed by atoms with Crippen LogP contribution in [0.15, 0.2) is 53.5 Å². The number of sulfone groups is 1. The summed E-state index contributed by atoms with van der Waals surface area (Å²) in [7, 11) is -0.514. The van der Waals surface area contributed by atoms with Crippen LogP contribution in [0.5, 0.6) is 5.75 Å². The summed E-state index contributed by atoms with van der Waals surface area (Å²) >= 11 is -1.47. The number of ketones is 1. The number of ether oxygens (including phenoxy) is 1. The van der Waals surface area contributed by atoms with Crippen molar-refractivity contribution in [2.24, 2.45) is 7.05 Å². The van der Waals surface area contributed by atoms with Crippen LogP contribution in [0.1, 0.15) is 67.7 Å². The molecule has 0 saturated carbocycles. The Kier molecular flexibility index (Phi) is 9.66. The van der Waals surface area contributed by atoms with Gasteiger partial charge in [0.1, 0.15) is 4.75 Å². The van der Waals surface area contributed by atoms with E-state index >= 15 is 0 Å². The highest BCUT2D eigenvalue weighted by atomic mass is 32.2. The SMILES string of the molecule is CCS(=O)(=O)Cc1ccc(C(=O)c2ccc(OC)c(F)c2)c(-c2cn(C)c(=O)cc2[C@H](C)N[S+]([O-])C(C)(C)C)c1. The van der Waals surface area contributed by atoms with Gasteiger partial charge in [-0.15, -0.1) is 4.72 Å². The number of aromatic nitrogens is 1. The first kappa shape index (κ1) is 31.5. The molecule has 3 aromatic rings. The summed E-state index contributed by atoms with van der Waals surface area (Å²) in [5.74, 6) is -1.51. The summed E-state index contributed by atoms with van der Waals surface area (Å²) in [6.07, 6.45) is 1.56. The van der Waals surface area contributed by atoms with Gasteiger partial charge in [0.25, 0.3) is 5.56 Å². The Hall–Kier alpha value is -2.99. The average Bonchev–Trinajstić information content (AvgIpc) is 2.88. The molecule has 2 atom stereocenters. The lowest BCUT2D eigenvalue weighted by Gasteiger charge is -2.27. The second-order valence-corrected chi connectivity index (χ2v) is 14.9. The molecular formula is C29H35FN2O6S2. The Bertz CT molecular complexity index is 1580. The number of benzene rings is 2. The fourth-order valence-corrected chi connectivity index (χ4v) is 5.74. The van der Waals surface area contributed by atoms with E-state index in [1.165, 1.54) is 35.9 Å². The largest absolute Gasteiger partial charge is 0.598 e. The molecule has 0 saturated heterocycles. The van der Waals surface area contributed by atoms with E-state index < -0.39 is 43.6 Å². The topological polar surface area (TPSA) is 118 Å². The number of methoxy groups -OCH3 is 1. The van der Waals surface area contributed by atoms with Crippen LogP contribution in [0.25, 0.3) is 11.1 Å². The minimum Gasteiger partial charge on any atom is -0.598 e. The van der Waals surface area contributed by atoms with Crippen LogP contribution in [0.4, 0.5) is 4.39 Å². The number of nitrogens with one attached hydrogen (secondary N) is 1. The molecule has 1 heterocycles. The molecule has 0 aliphatic heterocycles. The third-order valence-electron chi connectivity index (χ3n) is 6.43. The Labute approximate surface area is 237 Å². The van der Waals surface area contributed by atoms with Crippen molar-refractivity contribution >= 4 is 27.0 Å². The first-order valence-corrected chi connectivity index (χ1v) is 15.7. The van der Waals surface area contributed by atoms with Gasteiger partial charge in [-0.2, -0.15) is 0 Å². The molecule has 11 heteroatoms. The van der Waals surface area contributed by atoms with E-state index in [-0.39, 0.29) is 33.9 Å². The van der Waals surface area contributed by atoms with Crippen LogP contribution in [-0.2, 0) is 34.0 Å². The summed E-state index contributed by atoms with van der Waals surface area (Å²) in [4.78, 5) is 26.4. The molecule has 0 aliphatic carbocycles. The minimum atomic E-state index is -3.40. The van der Waals surface area contributed by atoms with Crippen molar-refractivity contribution in [2.75, 3.05) is 12.9 Å². The highest BCUT2D eigenvalue weighted by Crippen LogP contribution is 2.34. The van der Waals surface area contributed by atoms with E-state index in [0.29, 0.717) is 22.3 Å². The van der Waals surface area contributed by atoms with E-state index in [0.717, 1.165) is 6.07 Å². The number of nitrogens with zero attached hydrogens (tertiary/aromatic N) is 1. The van der Waals surface area contributed by atoms with E-state index in [1.807, 2.05) is 20.8 Å². The molecule has 216 valence electrons. The van der Waals surface area contributed by atoms with Gasteiger partial charge in [-0.3, -0.25) is 9.59 Å². The van der Waals surface area contributed by atoms with Gasteiger partial charge in [0.2, 0.25) is 0 Å². The van der Waals surface area contributed by atoms with Crippen LogP contribution in [0.2, 0.25) is 0 Å². The zero-order valence-corrected chi connectivity index (χ0v) is 25.3. The molecular weight excluding hydrogens is 555 g/mol. The predicted molar refractivity (Wildman–Crippen MR) is 156 cm³/mol. The number of carbonyl (C=O) groups excluding carboxylic acids is 1. The molecule has 0 spiro atoms. The first-order chi connectivity index (χ1) is 18.6. The van der Waals surface area contributed by atoms with Gasteiger partial charge in [0, 0.05) is 53.1 Å². The summed E-state index contributed by atoms with van der Waals surface area (Å²) in [6, 6.07) is 9.40. The fraction of sp³-hybridized carbons (Fsp3) is 0.379. The van der Waals surface area contributed by atoms with Gasteiger partial charge in [0.05, 0.1) is 18.9 Å². The number of hydrogen-bond acceptors (Lipinski definition) is 7. The zero-order chi connectivity index (χ0) is 30.0. The molecule has 8 nitrogen and oxygen atoms in total. The molecule has 0 amide bonds. The Morgan fingerprint density at radius 3 is 2.40 bits per heavy atom. The smallest absolute Gasteiger partial charge is 0.250 e. The number of aryl methyl sites for hydroxylation is 1. The molecule has 0 aliphatic rings. The van der Waals surface area contributed by atoms with Crippen molar-refractivity contribution in [3.63, 3.8) is 0 Å². The van der Waals surface area contributed by atoms with E-state index in [9.17, 15) is 27.0 Å². The molecule has 1 aromatic heterocycles. The lowest BCUT2D eigenvalue weighted by atomic mass is 9.89. The second kappa shape index (κ2) is 12.3. The number of carbonyl (C=O) groups is 1. The standard InChI is InChI=1S/C29H35FN2O6S2/c1-8-40(36,37)17-19-9-11-21(28(34)20-10-12-26(38-7)25(30)14-20)23(13-19)24-16-32(6)27(33)15-22(24)18(2)31-39(35)29(3,4)5/h9-16,18,31H,8,17H2,1-7H3/t18-,39?/m0/s1. The van der Waals surface area contributed by atoms with Crippen molar-refractivity contribution < 1.29 is 26.9 Å². The summed E-state index contributed by atoms with van der Waals surface area (Å²) in [5, 5.41) is 0. The van der Waals surface area contributed by atoms with Crippen molar-refractivity contribution in [3.05, 3.63) is 87.1 Å². The molecule has 0 fully saturated rings. The molecule has 1 N–H and O–H groups in total. The lowest BCUT2D eigenvalue weighted by molar-refractivity contribution is 0.103. The number of hydrogen-bond donors (Lipinski definition) is 1. The van der Waals surface area contributed by atoms with Crippen molar-refractivity contribution in [1.29, 1.82) is 0 Å². The minimum absolute atomic E-state index is 0.0102. The molecule has 0 bridgehead atoms. The van der Waals surface area contributed by atoms with Gasteiger partial charge in [-0.1, -0.05) is 19.1 Å². The van der Waals surface area contributed by atoms with Crippen molar-refractivity contribution in [1.82, 2.24) is 9.29 Å². The average molecular weight is 591 g/mol. The molecule has 0 radical (unpaired) electrons. The van der Waals surface area contributed by atoms with Gasteiger partial charge in [-0.25, -0.2) is 12.8 Å². The van der Waals surface area contributed by atoms with E-state index in [1.54, 1.807) is 39.2 Å². The molecule has 3 rings (SSSR count). The summed E-state index contributed by atoms with van der Waals surface area (Å²) < 4.78 is 61.0. The number of halogens is 1. The van der Waals surface area contributed by atoms with Crippen LogP contribution in [0, 0.1) is 5.82 Å². The summed E-state index contributed by atoms with van der Waals surface area (Å²) in [5.41, 5.74) is 1.71. The Morgan fingerprint density at radius 2 is 1.82 bits per heavy atom. The number of pyridine rings is 1. The third kappa shape index (κ3) is 7.20. The monoisotopic (exact) mass is 590 g/mol. The zero-order valence-electron chi connectivity index (χ0n) is 23.7. The Balaban J connectivity index is 2.27. The van der Waals surface area contributed by atoms with E-state index in [2.05, 4.69) is 4.72 Å². The second-order valence-electron chi connectivity index (χ2n) is 10.5. The normalized spacial score (nSPS) is 13.6. The van der Waals surface area contributed by atoms with Crippen LogP contribution in [-0.4, -0.2) is 40.9 Å². The highest BCUT2D eigenvalue weighted by Gasteiger charge is 2.30. The van der Waals surface area contributed by atoms with Crippen LogP contribution < -0.4 is 15.0 Å². The highest BCUT2D eigenvalue weighted by molar-refractivity contribution is 7.91. The van der Waals surface area contributed by atoms with Gasteiger partial charge < -0.3 is 13.9 Å². The predicted octanol–water partition coefficient (Wildman–Crippen LogP) is 4.48. The van der Waals surface area contributed by atoms with Crippen LogP contribution >= 0.6 is 0 Å². The van der Waals surface area contributed by atoms with Crippen LogP contribution in [0.3, 0.4) is 0 Å². The van der Waals surface area contributed by atoms with Crippen molar-refractivity contribution in [2.45, 2.75) is 51.2 Å².